The molecule has 1 aromatic heterocycles. The molecule has 7 nitrogen and oxygen atoms in total. The van der Waals surface area contributed by atoms with Crippen molar-refractivity contribution in [2.75, 3.05) is 0 Å². The third-order valence-electron chi connectivity index (χ3n) is 4.88. The van der Waals surface area contributed by atoms with Crippen LogP contribution in [-0.2, 0) is 4.74 Å². The highest BCUT2D eigenvalue weighted by Gasteiger charge is 2.36. The van der Waals surface area contributed by atoms with Gasteiger partial charge < -0.3 is 9.47 Å². The molecule has 0 aliphatic heterocycles. The zero-order valence-corrected chi connectivity index (χ0v) is 15.6. The van der Waals surface area contributed by atoms with E-state index in [1.807, 2.05) is 0 Å². The number of hydrogen-bond acceptors (Lipinski definition) is 7. The zero-order chi connectivity index (χ0) is 19.8. The van der Waals surface area contributed by atoms with Gasteiger partial charge in [-0.3, -0.25) is 10.1 Å². The number of nitro benzene ring substituents is 1. The maximum Gasteiger partial charge on any atom is 0.514 e. The van der Waals surface area contributed by atoms with E-state index in [4.69, 9.17) is 9.47 Å². The van der Waals surface area contributed by atoms with Crippen LogP contribution in [0.3, 0.4) is 0 Å². The first-order valence-electron chi connectivity index (χ1n) is 8.57. The highest BCUT2D eigenvalue weighted by Crippen LogP contribution is 2.44. The van der Waals surface area contributed by atoms with Crippen LogP contribution in [0.15, 0.2) is 35.8 Å². The Bertz CT molecular complexity index is 1060. The quantitative estimate of drug-likeness (QED) is 0.260. The van der Waals surface area contributed by atoms with E-state index in [1.165, 1.54) is 41.7 Å². The number of non-ortho nitro benzene ring substituents is 1. The molecule has 0 spiro atoms. The van der Waals surface area contributed by atoms with Crippen molar-refractivity contribution in [1.29, 1.82) is 0 Å². The van der Waals surface area contributed by atoms with Gasteiger partial charge in [-0.05, 0) is 55.0 Å². The van der Waals surface area contributed by atoms with E-state index in [-0.39, 0.29) is 29.3 Å². The Kier molecular flexibility index (Phi) is 4.68. The van der Waals surface area contributed by atoms with Gasteiger partial charge in [0.2, 0.25) is 0 Å². The molecule has 9 heteroatoms. The number of benzene rings is 2. The lowest BCUT2D eigenvalue weighted by atomic mass is 9.75. The highest BCUT2D eigenvalue weighted by molar-refractivity contribution is 7.16. The molecule has 3 aromatic rings. The molecule has 1 saturated carbocycles. The Balaban J connectivity index is 1.37. The minimum atomic E-state index is -0.868. The summed E-state index contributed by atoms with van der Waals surface area (Å²) in [4.78, 5) is 26.4. The van der Waals surface area contributed by atoms with Gasteiger partial charge in [0.05, 0.1) is 20.7 Å². The smallest absolute Gasteiger partial charge is 0.431 e. The molecule has 0 atom stereocenters. The molecule has 28 heavy (non-hydrogen) atoms. The van der Waals surface area contributed by atoms with Gasteiger partial charge in [-0.1, -0.05) is 0 Å². The second kappa shape index (κ2) is 7.16. The largest absolute Gasteiger partial charge is 0.514 e. The first-order valence-corrected chi connectivity index (χ1v) is 9.45. The number of rotatable bonds is 4. The average molecular weight is 402 g/mol. The molecule has 0 N–H and O–H groups in total. The number of halogens is 1. The van der Waals surface area contributed by atoms with E-state index in [0.29, 0.717) is 18.4 Å². The fourth-order valence-electron chi connectivity index (χ4n) is 3.38. The van der Waals surface area contributed by atoms with Crippen LogP contribution in [0.1, 0.15) is 29.9 Å². The zero-order valence-electron chi connectivity index (χ0n) is 14.8. The lowest BCUT2D eigenvalue weighted by Gasteiger charge is -2.35. The Morgan fingerprint density at radius 2 is 2.04 bits per heavy atom. The number of aromatic nitrogens is 1. The summed E-state index contributed by atoms with van der Waals surface area (Å²) in [7, 11) is 0. The van der Waals surface area contributed by atoms with Crippen molar-refractivity contribution in [2.45, 2.75) is 31.8 Å². The third-order valence-corrected chi connectivity index (χ3v) is 5.66. The summed E-state index contributed by atoms with van der Waals surface area (Å²) in [6.07, 6.45) is -0.0718. The van der Waals surface area contributed by atoms with E-state index >= 15 is 0 Å². The van der Waals surface area contributed by atoms with Crippen LogP contribution in [0.25, 0.3) is 10.2 Å². The van der Waals surface area contributed by atoms with Gasteiger partial charge in [-0.15, -0.1) is 11.3 Å². The molecule has 1 fully saturated rings. The molecule has 0 radical (unpaired) electrons. The molecule has 4 rings (SSSR count). The Labute approximate surface area is 162 Å². The van der Waals surface area contributed by atoms with Crippen molar-refractivity contribution >= 4 is 33.4 Å². The lowest BCUT2D eigenvalue weighted by molar-refractivity contribution is -0.384. The van der Waals surface area contributed by atoms with Crippen molar-refractivity contribution in [3.05, 3.63) is 62.9 Å². The summed E-state index contributed by atoms with van der Waals surface area (Å²) in [5.41, 5.74) is 3.86. The van der Waals surface area contributed by atoms with E-state index < -0.39 is 11.1 Å². The molecular formula is C19H15FN2O5S. The van der Waals surface area contributed by atoms with Crippen LogP contribution < -0.4 is 4.74 Å². The van der Waals surface area contributed by atoms with Gasteiger partial charge in [0.1, 0.15) is 17.7 Å². The number of ether oxygens (including phenoxy) is 2. The highest BCUT2D eigenvalue weighted by atomic mass is 32.1. The second-order valence-corrected chi connectivity index (χ2v) is 7.49. The Morgan fingerprint density at radius 3 is 2.71 bits per heavy atom. The fraction of sp³-hybridized carbons (Fsp3) is 0.263. The molecule has 0 amide bonds. The van der Waals surface area contributed by atoms with Crippen molar-refractivity contribution in [2.24, 2.45) is 0 Å². The van der Waals surface area contributed by atoms with Gasteiger partial charge in [-0.2, -0.15) is 0 Å². The normalized spacial score (nSPS) is 18.5. The molecule has 0 saturated heterocycles. The van der Waals surface area contributed by atoms with Crippen LogP contribution in [0.4, 0.5) is 14.9 Å². The van der Waals surface area contributed by atoms with E-state index in [2.05, 4.69) is 4.98 Å². The third kappa shape index (κ3) is 3.40. The number of thiazole rings is 1. The molecule has 0 unspecified atom stereocenters. The molecule has 1 heterocycles. The van der Waals surface area contributed by atoms with Crippen LogP contribution in [0, 0.1) is 22.9 Å². The SMILES string of the molecule is Cc1c(F)cc2scnc2c1C1CC(OC(=O)Oc2ccc([N+](=O)[O-])cc2)C1. The van der Waals surface area contributed by atoms with E-state index in [9.17, 15) is 19.3 Å². The van der Waals surface area contributed by atoms with Crippen molar-refractivity contribution in [3.8, 4) is 5.75 Å². The minimum Gasteiger partial charge on any atom is -0.431 e. The lowest BCUT2D eigenvalue weighted by Crippen LogP contribution is -2.33. The minimum absolute atomic E-state index is 0.0671. The number of hydrogen-bond donors (Lipinski definition) is 0. The average Bonchev–Trinajstić information content (AvgIpc) is 3.08. The van der Waals surface area contributed by atoms with E-state index in [1.54, 1.807) is 12.4 Å². The number of carbonyl (C=O) groups excluding carboxylic acids is 1. The fourth-order valence-corrected chi connectivity index (χ4v) is 4.10. The molecule has 0 bridgehead atoms. The first kappa shape index (κ1) is 18.3. The maximum absolute atomic E-state index is 14.2. The molecular weight excluding hydrogens is 387 g/mol. The number of carbonyl (C=O) groups is 1. The number of nitrogens with zero attached hydrogens (tertiary/aromatic N) is 2. The van der Waals surface area contributed by atoms with E-state index in [0.717, 1.165) is 15.8 Å². The topological polar surface area (TPSA) is 91.6 Å². The number of fused-ring (bicyclic) bond motifs is 1. The summed E-state index contributed by atoms with van der Waals surface area (Å²) in [6.45, 7) is 1.74. The van der Waals surface area contributed by atoms with Crippen molar-refractivity contribution in [1.82, 2.24) is 4.98 Å². The Morgan fingerprint density at radius 1 is 1.32 bits per heavy atom. The maximum atomic E-state index is 14.2. The molecule has 144 valence electrons. The van der Waals surface area contributed by atoms with Gasteiger partial charge in [0.25, 0.3) is 5.69 Å². The molecule has 2 aromatic carbocycles. The summed E-state index contributed by atoms with van der Waals surface area (Å²) in [5.74, 6) is -0.0252. The molecule has 1 aliphatic carbocycles. The van der Waals surface area contributed by atoms with Gasteiger partial charge in [-0.25, -0.2) is 14.2 Å². The van der Waals surface area contributed by atoms with Gasteiger partial charge >= 0.3 is 6.16 Å². The summed E-state index contributed by atoms with van der Waals surface area (Å²) < 4.78 is 25.3. The van der Waals surface area contributed by atoms with Gasteiger partial charge in [0, 0.05) is 12.1 Å². The van der Waals surface area contributed by atoms with Crippen LogP contribution in [0.5, 0.6) is 5.75 Å². The second-order valence-electron chi connectivity index (χ2n) is 6.61. The number of nitro groups is 1. The van der Waals surface area contributed by atoms with Crippen LogP contribution in [-0.4, -0.2) is 22.2 Å². The Hall–Kier alpha value is -3.07. The van der Waals surface area contributed by atoms with Crippen LogP contribution >= 0.6 is 11.3 Å². The van der Waals surface area contributed by atoms with Crippen LogP contribution in [0.2, 0.25) is 0 Å². The standard InChI is InChI=1S/C19H15FN2O5S/c1-10-15(20)8-16-18(21-9-28-16)17(10)11-6-14(7-11)27-19(23)26-13-4-2-12(3-5-13)22(24)25/h2-5,8-9,11,14H,6-7H2,1H3. The van der Waals surface area contributed by atoms with Crippen molar-refractivity contribution in [3.63, 3.8) is 0 Å². The monoisotopic (exact) mass is 402 g/mol. The predicted octanol–water partition coefficient (Wildman–Crippen LogP) is 5.11. The summed E-state index contributed by atoms with van der Waals surface area (Å²) in [6, 6.07) is 6.65. The first-order chi connectivity index (χ1) is 13.4. The predicted molar refractivity (Wildman–Crippen MR) is 100 cm³/mol. The van der Waals surface area contributed by atoms with Crippen molar-refractivity contribution < 1.29 is 23.6 Å². The summed E-state index contributed by atoms with van der Waals surface area (Å²) >= 11 is 1.39. The summed E-state index contributed by atoms with van der Waals surface area (Å²) in [5, 5.41) is 10.6. The molecule has 1 aliphatic rings. The van der Waals surface area contributed by atoms with Gasteiger partial charge in [0.15, 0.2) is 0 Å².